The monoisotopic (exact) mass is 390 g/mol. The number of rotatable bonds is 8. The predicted octanol–water partition coefficient (Wildman–Crippen LogP) is 3.05. The molecule has 0 heterocycles. The van der Waals surface area contributed by atoms with E-state index in [1.54, 1.807) is 13.8 Å². The predicted molar refractivity (Wildman–Crippen MR) is 106 cm³/mol. The first-order valence-corrected chi connectivity index (χ1v) is 10.4. The number of carbonyl (C=O) groups is 1. The fourth-order valence-corrected chi connectivity index (χ4v) is 3.96. The van der Waals surface area contributed by atoms with Gasteiger partial charge in [0.25, 0.3) is 5.91 Å². The smallest absolute Gasteiger partial charge is 0.255 e. The minimum Gasteiger partial charge on any atom is -0.496 e. The van der Waals surface area contributed by atoms with Crippen molar-refractivity contribution in [1.29, 1.82) is 0 Å². The van der Waals surface area contributed by atoms with E-state index < -0.39 is 16.1 Å². The van der Waals surface area contributed by atoms with Crippen molar-refractivity contribution in [2.75, 3.05) is 13.7 Å². The molecule has 0 saturated heterocycles. The van der Waals surface area contributed by atoms with Crippen molar-refractivity contribution in [3.05, 3.63) is 59.2 Å². The van der Waals surface area contributed by atoms with Gasteiger partial charge in [-0.3, -0.25) is 4.79 Å². The summed E-state index contributed by atoms with van der Waals surface area (Å²) in [4.78, 5) is 12.2. The number of benzene rings is 2. The molecule has 0 fully saturated rings. The highest BCUT2D eigenvalue weighted by molar-refractivity contribution is 7.89. The first-order valence-electron chi connectivity index (χ1n) is 8.89. The Morgan fingerprint density at radius 2 is 1.78 bits per heavy atom. The molecule has 2 rings (SSSR count). The van der Waals surface area contributed by atoms with Crippen molar-refractivity contribution in [3.63, 3.8) is 0 Å². The lowest BCUT2D eigenvalue weighted by Crippen LogP contribution is -2.28. The van der Waals surface area contributed by atoms with Crippen molar-refractivity contribution in [2.24, 2.45) is 0 Å². The average Bonchev–Trinajstić information content (AvgIpc) is 2.67. The van der Waals surface area contributed by atoms with Crippen molar-refractivity contribution in [2.45, 2.75) is 38.1 Å². The second kappa shape index (κ2) is 9.01. The molecule has 0 aliphatic carbocycles. The highest BCUT2D eigenvalue weighted by Gasteiger charge is 2.22. The van der Waals surface area contributed by atoms with Crippen LogP contribution in [0.5, 0.6) is 5.75 Å². The summed E-state index contributed by atoms with van der Waals surface area (Å²) in [6, 6.07) is 11.6. The molecule has 2 aromatic carbocycles. The Morgan fingerprint density at radius 3 is 2.33 bits per heavy atom. The van der Waals surface area contributed by atoms with Gasteiger partial charge in [0, 0.05) is 12.6 Å². The molecule has 0 unspecified atom stereocenters. The molecule has 2 N–H and O–H groups in total. The third kappa shape index (κ3) is 5.08. The maximum atomic E-state index is 12.8. The van der Waals surface area contributed by atoms with Gasteiger partial charge in [-0.05, 0) is 49.6 Å². The van der Waals surface area contributed by atoms with E-state index in [-0.39, 0.29) is 16.4 Å². The Hall–Kier alpha value is -2.38. The van der Waals surface area contributed by atoms with Gasteiger partial charge in [-0.2, -0.15) is 0 Å². The number of nitrogens with one attached hydrogen (secondary N) is 2. The van der Waals surface area contributed by atoms with Gasteiger partial charge < -0.3 is 10.1 Å². The van der Waals surface area contributed by atoms with E-state index >= 15 is 0 Å². The number of methoxy groups -OCH3 is 1. The van der Waals surface area contributed by atoms with E-state index in [1.165, 1.54) is 30.9 Å². The second-order valence-electron chi connectivity index (χ2n) is 6.16. The third-order valence-electron chi connectivity index (χ3n) is 4.28. The molecule has 146 valence electrons. The number of hydrogen-bond donors (Lipinski definition) is 2. The normalized spacial score (nSPS) is 12.4. The number of amides is 1. The lowest BCUT2D eigenvalue weighted by atomic mass is 10.1. The van der Waals surface area contributed by atoms with Crippen LogP contribution in [0.3, 0.4) is 0 Å². The maximum Gasteiger partial charge on any atom is 0.255 e. The van der Waals surface area contributed by atoms with E-state index in [0.717, 1.165) is 12.0 Å². The Balaban J connectivity index is 2.29. The van der Waals surface area contributed by atoms with Crippen LogP contribution in [-0.4, -0.2) is 28.0 Å². The number of ether oxygens (including phenoxy) is 1. The Kier molecular flexibility index (Phi) is 6.98. The third-order valence-corrected chi connectivity index (χ3v) is 5.82. The molecule has 0 aromatic heterocycles. The zero-order chi connectivity index (χ0) is 20.0. The van der Waals surface area contributed by atoms with E-state index in [0.29, 0.717) is 12.3 Å². The maximum absolute atomic E-state index is 12.8. The summed E-state index contributed by atoms with van der Waals surface area (Å²) in [5.41, 5.74) is 2.24. The van der Waals surface area contributed by atoms with Gasteiger partial charge in [-0.15, -0.1) is 0 Å². The van der Waals surface area contributed by atoms with Gasteiger partial charge >= 0.3 is 0 Å². The van der Waals surface area contributed by atoms with Gasteiger partial charge in [0.2, 0.25) is 10.0 Å². The molecule has 0 saturated carbocycles. The van der Waals surface area contributed by atoms with Crippen LogP contribution in [0.1, 0.15) is 48.3 Å². The van der Waals surface area contributed by atoms with Crippen LogP contribution in [0, 0.1) is 0 Å². The second-order valence-corrected chi connectivity index (χ2v) is 7.87. The lowest BCUT2D eigenvalue weighted by molar-refractivity contribution is 0.0952. The highest BCUT2D eigenvalue weighted by atomic mass is 32.2. The van der Waals surface area contributed by atoms with Crippen molar-refractivity contribution in [1.82, 2.24) is 10.0 Å². The molecular formula is C20H26N2O4S. The number of carbonyl (C=O) groups excluding carboxylic acids is 1. The van der Waals surface area contributed by atoms with Crippen LogP contribution in [0.4, 0.5) is 0 Å². The molecule has 0 aliphatic heterocycles. The zero-order valence-electron chi connectivity index (χ0n) is 16.1. The minimum absolute atomic E-state index is 0.0154. The van der Waals surface area contributed by atoms with Crippen molar-refractivity contribution < 1.29 is 17.9 Å². The summed E-state index contributed by atoms with van der Waals surface area (Å²) in [5.74, 6) is -0.0577. The lowest BCUT2D eigenvalue weighted by Gasteiger charge is -2.16. The molecule has 0 spiro atoms. The fraction of sp³-hybridized carbons (Fsp3) is 0.350. The minimum atomic E-state index is -3.80. The van der Waals surface area contributed by atoms with Gasteiger partial charge in [-0.1, -0.05) is 31.2 Å². The summed E-state index contributed by atoms with van der Waals surface area (Å²) in [7, 11) is -2.37. The summed E-state index contributed by atoms with van der Waals surface area (Å²) < 4.78 is 33.4. The van der Waals surface area contributed by atoms with E-state index in [1.807, 2.05) is 24.3 Å². The van der Waals surface area contributed by atoms with E-state index in [4.69, 9.17) is 4.74 Å². The summed E-state index contributed by atoms with van der Waals surface area (Å²) in [6.07, 6.45) is 0.925. The summed E-state index contributed by atoms with van der Waals surface area (Å²) in [5, 5.41) is 2.66. The van der Waals surface area contributed by atoms with Crippen LogP contribution < -0.4 is 14.8 Å². The molecule has 1 atom stereocenters. The van der Waals surface area contributed by atoms with Crippen LogP contribution in [0.2, 0.25) is 0 Å². The molecule has 6 nitrogen and oxygen atoms in total. The van der Waals surface area contributed by atoms with Crippen molar-refractivity contribution >= 4 is 15.9 Å². The molecule has 1 amide bonds. The van der Waals surface area contributed by atoms with Crippen LogP contribution in [0.15, 0.2) is 47.4 Å². The molecule has 27 heavy (non-hydrogen) atoms. The number of hydrogen-bond acceptors (Lipinski definition) is 4. The van der Waals surface area contributed by atoms with Gasteiger partial charge in [0.15, 0.2) is 0 Å². The molecule has 7 heteroatoms. The quantitative estimate of drug-likeness (QED) is 0.726. The largest absolute Gasteiger partial charge is 0.496 e. The number of aryl methyl sites for hydroxylation is 1. The molecule has 0 bridgehead atoms. The van der Waals surface area contributed by atoms with Gasteiger partial charge in [-0.25, -0.2) is 13.1 Å². The SMILES string of the molecule is CCNC(=O)c1cc(S(=O)(=O)N[C@H](C)c2ccc(CC)cc2)ccc1OC. The standard InChI is InChI=1S/C20H26N2O4S/c1-5-15-7-9-16(10-8-15)14(3)22-27(24,25)17-11-12-19(26-4)18(13-17)20(23)21-6-2/h7-14,22H,5-6H2,1-4H3,(H,21,23)/t14-/m1/s1. The highest BCUT2D eigenvalue weighted by Crippen LogP contribution is 2.24. The Morgan fingerprint density at radius 1 is 1.11 bits per heavy atom. The summed E-state index contributed by atoms with van der Waals surface area (Å²) in [6.45, 7) is 6.07. The molecular weight excluding hydrogens is 364 g/mol. The average molecular weight is 391 g/mol. The fourth-order valence-electron chi connectivity index (χ4n) is 2.70. The van der Waals surface area contributed by atoms with Gasteiger partial charge in [0.05, 0.1) is 17.6 Å². The van der Waals surface area contributed by atoms with Crippen LogP contribution >= 0.6 is 0 Å². The number of sulfonamides is 1. The Labute approximate surface area is 161 Å². The van der Waals surface area contributed by atoms with Gasteiger partial charge in [0.1, 0.15) is 5.75 Å². The first-order chi connectivity index (χ1) is 12.8. The molecule has 0 aliphatic rings. The molecule has 0 radical (unpaired) electrons. The van der Waals surface area contributed by atoms with E-state index in [9.17, 15) is 13.2 Å². The van der Waals surface area contributed by atoms with Crippen molar-refractivity contribution in [3.8, 4) is 5.75 Å². The topological polar surface area (TPSA) is 84.5 Å². The van der Waals surface area contributed by atoms with Crippen LogP contribution in [-0.2, 0) is 16.4 Å². The zero-order valence-corrected chi connectivity index (χ0v) is 16.9. The van der Waals surface area contributed by atoms with E-state index in [2.05, 4.69) is 17.0 Å². The first kappa shape index (κ1) is 20.9. The van der Waals surface area contributed by atoms with Crippen LogP contribution in [0.25, 0.3) is 0 Å². The molecule has 2 aromatic rings. The Bertz CT molecular complexity index is 893. The summed E-state index contributed by atoms with van der Waals surface area (Å²) >= 11 is 0.